The van der Waals surface area contributed by atoms with Gasteiger partial charge in [-0.2, -0.15) is 0 Å². The lowest BCUT2D eigenvalue weighted by molar-refractivity contribution is 0.415. The first-order valence-electron chi connectivity index (χ1n) is 5.41. The predicted octanol–water partition coefficient (Wildman–Crippen LogP) is 4.17. The molecule has 2 rings (SSSR count). The average Bonchev–Trinajstić information content (AvgIpc) is 2.38. The lowest BCUT2D eigenvalue weighted by Gasteiger charge is -2.10. The Morgan fingerprint density at radius 3 is 2.88 bits per heavy atom. The van der Waals surface area contributed by atoms with Gasteiger partial charge in [0.2, 0.25) is 0 Å². The lowest BCUT2D eigenvalue weighted by atomic mass is 10.1. The van der Waals surface area contributed by atoms with Gasteiger partial charge in [0.25, 0.3) is 0 Å². The number of methoxy groups -OCH3 is 1. The zero-order valence-electron chi connectivity index (χ0n) is 9.61. The van der Waals surface area contributed by atoms with Crippen molar-refractivity contribution in [1.29, 1.82) is 0 Å². The molecule has 0 aromatic heterocycles. The first-order valence-corrected chi connectivity index (χ1v) is 6.32. The van der Waals surface area contributed by atoms with E-state index in [1.807, 2.05) is 35.3 Å². The Bertz CT molecular complexity index is 537. The van der Waals surface area contributed by atoms with Crippen LogP contribution in [0.5, 0.6) is 5.75 Å². The second kappa shape index (κ2) is 5.73. The maximum Gasteiger partial charge on any atom is 0.121 e. The Balaban J connectivity index is 2.43. The molecule has 0 radical (unpaired) electrons. The third-order valence-corrected chi connectivity index (χ3v) is 2.94. The van der Waals surface area contributed by atoms with Crippen LogP contribution in [0.25, 0.3) is 10.8 Å². The molecule has 0 aliphatic carbocycles. The molecule has 0 bridgehead atoms. The fourth-order valence-corrected chi connectivity index (χ4v) is 1.95. The first-order chi connectivity index (χ1) is 8.35. The van der Waals surface area contributed by atoms with Crippen LogP contribution in [0.2, 0.25) is 0 Å². The summed E-state index contributed by atoms with van der Waals surface area (Å²) in [5.74, 6) is 0.869. The monoisotopic (exact) mass is 291 g/mol. The second-order valence-electron chi connectivity index (χ2n) is 3.64. The highest BCUT2D eigenvalue weighted by molar-refractivity contribution is 9.11. The summed E-state index contributed by atoms with van der Waals surface area (Å²) in [6.45, 7) is 0.780. The molecule has 0 fully saturated rings. The topological polar surface area (TPSA) is 21.3 Å². The van der Waals surface area contributed by atoms with E-state index in [1.54, 1.807) is 7.11 Å². The van der Waals surface area contributed by atoms with E-state index in [0.29, 0.717) is 0 Å². The molecule has 17 heavy (non-hydrogen) atoms. The van der Waals surface area contributed by atoms with E-state index in [4.69, 9.17) is 4.74 Å². The van der Waals surface area contributed by atoms with Gasteiger partial charge in [0, 0.05) is 23.7 Å². The van der Waals surface area contributed by atoms with Crippen LogP contribution in [0.4, 0.5) is 5.69 Å². The molecule has 2 aromatic rings. The van der Waals surface area contributed by atoms with Crippen molar-refractivity contribution < 1.29 is 4.74 Å². The van der Waals surface area contributed by atoms with Gasteiger partial charge in [-0.05, 0) is 16.4 Å². The molecular formula is C14H14BrNO. The van der Waals surface area contributed by atoms with E-state index >= 15 is 0 Å². The summed E-state index contributed by atoms with van der Waals surface area (Å²) < 4.78 is 5.30. The fraction of sp³-hybridized carbons (Fsp3) is 0.143. The highest BCUT2D eigenvalue weighted by atomic mass is 79.9. The average molecular weight is 292 g/mol. The molecule has 0 amide bonds. The second-order valence-corrected chi connectivity index (χ2v) is 4.17. The van der Waals surface area contributed by atoms with Crippen LogP contribution in [-0.2, 0) is 0 Å². The van der Waals surface area contributed by atoms with Gasteiger partial charge in [0.15, 0.2) is 0 Å². The Morgan fingerprint density at radius 1 is 1.29 bits per heavy atom. The van der Waals surface area contributed by atoms with Crippen LogP contribution in [0.15, 0.2) is 47.5 Å². The van der Waals surface area contributed by atoms with Gasteiger partial charge in [-0.25, -0.2) is 0 Å². The number of hydrogen-bond acceptors (Lipinski definition) is 2. The zero-order chi connectivity index (χ0) is 12.1. The number of fused-ring (bicyclic) bond motifs is 1. The van der Waals surface area contributed by atoms with Crippen molar-refractivity contribution in [3.05, 3.63) is 47.5 Å². The number of benzene rings is 2. The van der Waals surface area contributed by atoms with E-state index in [1.165, 1.54) is 10.8 Å². The van der Waals surface area contributed by atoms with Gasteiger partial charge in [0.05, 0.1) is 7.11 Å². The molecule has 3 heteroatoms. The van der Waals surface area contributed by atoms with E-state index < -0.39 is 0 Å². The zero-order valence-corrected chi connectivity index (χ0v) is 11.2. The van der Waals surface area contributed by atoms with Gasteiger partial charge >= 0.3 is 0 Å². The molecule has 0 saturated carbocycles. The van der Waals surface area contributed by atoms with E-state index in [-0.39, 0.29) is 0 Å². The number of anilines is 1. The van der Waals surface area contributed by atoms with Gasteiger partial charge in [-0.3, -0.25) is 0 Å². The van der Waals surface area contributed by atoms with Crippen LogP contribution in [0, 0.1) is 0 Å². The molecule has 88 valence electrons. The number of rotatable bonds is 4. The van der Waals surface area contributed by atoms with Crippen LogP contribution >= 0.6 is 15.9 Å². The molecule has 0 atom stereocenters. The molecule has 2 aromatic carbocycles. The molecule has 0 unspecified atom stereocenters. The maximum absolute atomic E-state index is 5.30. The Labute approximate surface area is 109 Å². The van der Waals surface area contributed by atoms with Crippen LogP contribution in [0.1, 0.15) is 0 Å². The summed E-state index contributed by atoms with van der Waals surface area (Å²) in [4.78, 5) is 1.85. The van der Waals surface area contributed by atoms with Crippen molar-refractivity contribution in [2.75, 3.05) is 19.0 Å². The normalized spacial score (nSPS) is 10.9. The van der Waals surface area contributed by atoms with Crippen LogP contribution < -0.4 is 10.1 Å². The molecule has 0 aliphatic rings. The summed E-state index contributed by atoms with van der Waals surface area (Å²) in [7, 11) is 1.69. The number of halogens is 1. The Hall–Kier alpha value is -1.48. The molecule has 0 heterocycles. The minimum Gasteiger partial charge on any atom is -0.497 e. The molecule has 1 N–H and O–H groups in total. The third kappa shape index (κ3) is 2.80. The number of ether oxygens (including phenoxy) is 1. The lowest BCUT2D eigenvalue weighted by Crippen LogP contribution is -1.99. The van der Waals surface area contributed by atoms with Gasteiger partial charge in [0.1, 0.15) is 5.75 Å². The SMILES string of the molecule is COc1cc(NCC=CBr)c2ccccc2c1. The highest BCUT2D eigenvalue weighted by Crippen LogP contribution is 2.29. The molecular weight excluding hydrogens is 278 g/mol. The van der Waals surface area contributed by atoms with E-state index in [0.717, 1.165) is 18.0 Å². The van der Waals surface area contributed by atoms with Crippen molar-refractivity contribution >= 4 is 32.4 Å². The summed E-state index contributed by atoms with van der Waals surface area (Å²) in [6, 6.07) is 12.3. The van der Waals surface area contributed by atoms with Crippen molar-refractivity contribution in [2.24, 2.45) is 0 Å². The van der Waals surface area contributed by atoms with Gasteiger partial charge < -0.3 is 10.1 Å². The summed E-state index contributed by atoms with van der Waals surface area (Å²) in [6.07, 6.45) is 2.01. The molecule has 0 spiro atoms. The maximum atomic E-state index is 5.30. The van der Waals surface area contributed by atoms with E-state index in [2.05, 4.69) is 33.4 Å². The van der Waals surface area contributed by atoms with Crippen molar-refractivity contribution in [3.63, 3.8) is 0 Å². The van der Waals surface area contributed by atoms with Gasteiger partial charge in [-0.15, -0.1) is 0 Å². The Kier molecular flexibility index (Phi) is 4.04. The predicted molar refractivity (Wildman–Crippen MR) is 77.1 cm³/mol. The van der Waals surface area contributed by atoms with Gasteiger partial charge in [-0.1, -0.05) is 46.3 Å². The van der Waals surface area contributed by atoms with Crippen molar-refractivity contribution in [3.8, 4) is 5.75 Å². The summed E-state index contributed by atoms with van der Waals surface area (Å²) in [5, 5.41) is 5.75. The summed E-state index contributed by atoms with van der Waals surface area (Å²) >= 11 is 3.26. The highest BCUT2D eigenvalue weighted by Gasteiger charge is 2.02. The fourth-order valence-electron chi connectivity index (χ4n) is 1.76. The van der Waals surface area contributed by atoms with Crippen LogP contribution in [-0.4, -0.2) is 13.7 Å². The third-order valence-electron chi connectivity index (χ3n) is 2.57. The number of nitrogens with one attached hydrogen (secondary N) is 1. The number of hydrogen-bond donors (Lipinski definition) is 1. The van der Waals surface area contributed by atoms with Crippen molar-refractivity contribution in [2.45, 2.75) is 0 Å². The smallest absolute Gasteiger partial charge is 0.121 e. The molecule has 0 aliphatic heterocycles. The molecule has 2 nitrogen and oxygen atoms in total. The Morgan fingerprint density at radius 2 is 2.12 bits per heavy atom. The quantitative estimate of drug-likeness (QED) is 0.913. The minimum absolute atomic E-state index is 0.780. The van der Waals surface area contributed by atoms with E-state index in [9.17, 15) is 0 Å². The first kappa shape index (κ1) is 12.0. The minimum atomic E-state index is 0.780. The standard InChI is InChI=1S/C14H14BrNO/c1-17-12-9-11-5-2-3-6-13(11)14(10-12)16-8-4-7-15/h2-7,9-10,16H,8H2,1H3. The largest absolute Gasteiger partial charge is 0.497 e. The van der Waals surface area contributed by atoms with Crippen molar-refractivity contribution in [1.82, 2.24) is 0 Å². The summed E-state index contributed by atoms with van der Waals surface area (Å²) in [5.41, 5.74) is 1.09. The van der Waals surface area contributed by atoms with Crippen LogP contribution in [0.3, 0.4) is 0 Å². The molecule has 0 saturated heterocycles.